The molecule has 2 atom stereocenters. The van der Waals surface area contributed by atoms with E-state index in [4.69, 9.17) is 4.74 Å². The van der Waals surface area contributed by atoms with Crippen molar-refractivity contribution in [3.63, 3.8) is 0 Å². The first kappa shape index (κ1) is 16.0. The van der Waals surface area contributed by atoms with Crippen LogP contribution in [0.3, 0.4) is 0 Å². The van der Waals surface area contributed by atoms with Gasteiger partial charge >= 0.3 is 5.97 Å². The second-order valence-corrected chi connectivity index (χ2v) is 6.36. The normalized spacial score (nSPS) is 25.5. The van der Waals surface area contributed by atoms with Gasteiger partial charge in [0.2, 0.25) is 0 Å². The third kappa shape index (κ3) is 3.46. The van der Waals surface area contributed by atoms with Crippen LogP contribution in [0.2, 0.25) is 0 Å². The predicted molar refractivity (Wildman–Crippen MR) is 81.9 cm³/mol. The topological polar surface area (TPSA) is 56.1 Å². The summed E-state index contributed by atoms with van der Waals surface area (Å²) in [7, 11) is 1.48. The number of aromatic nitrogens is 2. The summed E-state index contributed by atoms with van der Waals surface area (Å²) in [5.74, 6) is 0.187. The van der Waals surface area contributed by atoms with Crippen LogP contribution >= 0.6 is 0 Å². The number of carbonyl (C=O) groups is 1. The molecule has 0 saturated heterocycles. The zero-order valence-corrected chi connectivity index (χ0v) is 13.6. The van der Waals surface area contributed by atoms with Gasteiger partial charge in [0, 0.05) is 18.8 Å². The zero-order valence-electron chi connectivity index (χ0n) is 13.6. The number of esters is 1. The molecule has 21 heavy (non-hydrogen) atoms. The summed E-state index contributed by atoms with van der Waals surface area (Å²) in [4.78, 5) is 12.4. The maximum Gasteiger partial charge on any atom is 0.326 e. The molecular formula is C16H27N3O2. The second-order valence-electron chi connectivity index (χ2n) is 6.36. The van der Waals surface area contributed by atoms with Crippen LogP contribution in [0, 0.1) is 12.8 Å². The minimum Gasteiger partial charge on any atom is -0.468 e. The van der Waals surface area contributed by atoms with Crippen LogP contribution in [-0.4, -0.2) is 34.4 Å². The number of rotatable bonds is 6. The Kier molecular flexibility index (Phi) is 5.04. The number of nitrogens with zero attached hydrogens (tertiary/aromatic N) is 2. The molecule has 5 heteroatoms. The van der Waals surface area contributed by atoms with Gasteiger partial charge in [0.25, 0.3) is 0 Å². The maximum atomic E-state index is 12.4. The van der Waals surface area contributed by atoms with Crippen molar-refractivity contribution in [2.45, 2.75) is 64.6 Å². The molecule has 2 unspecified atom stereocenters. The van der Waals surface area contributed by atoms with Crippen molar-refractivity contribution >= 4 is 5.97 Å². The summed E-state index contributed by atoms with van der Waals surface area (Å²) in [6, 6.07) is 2.27. The summed E-state index contributed by atoms with van der Waals surface area (Å²) in [6.07, 6.45) is 5.93. The van der Waals surface area contributed by atoms with E-state index >= 15 is 0 Å². The molecule has 0 bridgehead atoms. The number of nitrogens with one attached hydrogen (secondary N) is 1. The fourth-order valence-electron chi connectivity index (χ4n) is 3.56. The Balaban J connectivity index is 2.09. The van der Waals surface area contributed by atoms with Crippen molar-refractivity contribution in [3.8, 4) is 0 Å². The molecule has 1 aliphatic rings. The molecule has 1 heterocycles. The highest BCUT2D eigenvalue weighted by atomic mass is 16.5. The molecule has 1 fully saturated rings. The van der Waals surface area contributed by atoms with Gasteiger partial charge in [0.05, 0.1) is 12.8 Å². The fraction of sp³-hybridized carbons (Fsp3) is 0.750. The lowest BCUT2D eigenvalue weighted by Gasteiger charge is -2.35. The second kappa shape index (κ2) is 6.60. The Hall–Kier alpha value is -1.36. The van der Waals surface area contributed by atoms with E-state index in [0.717, 1.165) is 37.9 Å². The summed E-state index contributed by atoms with van der Waals surface area (Å²) >= 11 is 0. The number of ether oxygens (including phenoxy) is 1. The number of methoxy groups -OCH3 is 1. The number of aryl methyl sites for hydroxylation is 2. The minimum absolute atomic E-state index is 0.115. The van der Waals surface area contributed by atoms with Crippen LogP contribution in [0.4, 0.5) is 0 Å². The third-order valence-electron chi connectivity index (χ3n) is 4.40. The molecule has 0 aromatic carbocycles. The molecule has 1 aliphatic carbocycles. The van der Waals surface area contributed by atoms with Gasteiger partial charge in [-0.15, -0.1) is 0 Å². The molecule has 0 radical (unpaired) electrons. The van der Waals surface area contributed by atoms with Crippen LogP contribution in [-0.2, 0) is 16.1 Å². The van der Waals surface area contributed by atoms with Crippen molar-refractivity contribution in [2.75, 3.05) is 7.11 Å². The van der Waals surface area contributed by atoms with Crippen molar-refractivity contribution < 1.29 is 9.53 Å². The van der Waals surface area contributed by atoms with E-state index in [1.165, 1.54) is 7.11 Å². The zero-order chi connectivity index (χ0) is 15.5. The van der Waals surface area contributed by atoms with Crippen molar-refractivity contribution in [1.82, 2.24) is 15.1 Å². The SMILES string of the molecule is COC(=O)C1(NC(C)C)CCCC1CCn1ccc(C)n1. The van der Waals surface area contributed by atoms with Crippen LogP contribution < -0.4 is 5.32 Å². The number of carbonyl (C=O) groups excluding carboxylic acids is 1. The average molecular weight is 293 g/mol. The monoisotopic (exact) mass is 293 g/mol. The molecule has 118 valence electrons. The molecule has 1 saturated carbocycles. The van der Waals surface area contributed by atoms with Crippen LogP contribution in [0.15, 0.2) is 12.3 Å². The highest BCUT2D eigenvalue weighted by Gasteiger charge is 2.49. The first-order valence-electron chi connectivity index (χ1n) is 7.84. The maximum absolute atomic E-state index is 12.4. The Labute approximate surface area is 127 Å². The lowest BCUT2D eigenvalue weighted by molar-refractivity contribution is -0.151. The summed E-state index contributed by atoms with van der Waals surface area (Å²) in [5, 5.41) is 7.92. The molecule has 0 aliphatic heterocycles. The highest BCUT2D eigenvalue weighted by Crippen LogP contribution is 2.39. The summed E-state index contributed by atoms with van der Waals surface area (Å²) < 4.78 is 7.06. The van der Waals surface area contributed by atoms with Crippen LogP contribution in [0.1, 0.15) is 45.2 Å². The number of hydrogen-bond acceptors (Lipinski definition) is 4. The quantitative estimate of drug-likeness (QED) is 0.818. The lowest BCUT2D eigenvalue weighted by Crippen LogP contribution is -2.57. The molecule has 2 rings (SSSR count). The molecule has 1 aromatic heterocycles. The smallest absolute Gasteiger partial charge is 0.326 e. The molecule has 5 nitrogen and oxygen atoms in total. The standard InChI is InChI=1S/C16H27N3O2/c1-12(2)17-16(15(20)21-4)9-5-6-14(16)8-11-19-10-7-13(3)18-19/h7,10,12,14,17H,5-6,8-9,11H2,1-4H3. The summed E-state index contributed by atoms with van der Waals surface area (Å²) in [5.41, 5.74) is 0.506. The van der Waals surface area contributed by atoms with E-state index in [9.17, 15) is 4.79 Å². The van der Waals surface area contributed by atoms with Gasteiger partial charge in [-0.25, -0.2) is 0 Å². The summed E-state index contributed by atoms with van der Waals surface area (Å²) in [6.45, 7) is 7.00. The molecular weight excluding hydrogens is 266 g/mol. The van der Waals surface area contributed by atoms with Gasteiger partial charge in [-0.05, 0) is 52.0 Å². The Morgan fingerprint density at radius 2 is 2.38 bits per heavy atom. The Morgan fingerprint density at radius 3 is 2.95 bits per heavy atom. The van der Waals surface area contributed by atoms with Crippen molar-refractivity contribution in [3.05, 3.63) is 18.0 Å². The lowest BCUT2D eigenvalue weighted by atomic mass is 9.84. The first-order valence-corrected chi connectivity index (χ1v) is 7.84. The van der Waals surface area contributed by atoms with E-state index in [-0.39, 0.29) is 12.0 Å². The van der Waals surface area contributed by atoms with Gasteiger partial charge in [-0.2, -0.15) is 5.10 Å². The van der Waals surface area contributed by atoms with E-state index in [2.05, 4.69) is 24.3 Å². The molecule has 0 amide bonds. The predicted octanol–water partition coefficient (Wildman–Crippen LogP) is 2.29. The first-order chi connectivity index (χ1) is 9.98. The van der Waals surface area contributed by atoms with Gasteiger partial charge < -0.3 is 4.74 Å². The van der Waals surface area contributed by atoms with Gasteiger partial charge in [0.15, 0.2) is 0 Å². The fourth-order valence-corrected chi connectivity index (χ4v) is 3.56. The van der Waals surface area contributed by atoms with E-state index in [1.807, 2.05) is 23.9 Å². The highest BCUT2D eigenvalue weighted by molar-refractivity contribution is 5.81. The average Bonchev–Trinajstić information content (AvgIpc) is 3.02. The van der Waals surface area contributed by atoms with Gasteiger partial charge in [0.1, 0.15) is 5.54 Å². The largest absolute Gasteiger partial charge is 0.468 e. The third-order valence-corrected chi connectivity index (χ3v) is 4.40. The van der Waals surface area contributed by atoms with Crippen molar-refractivity contribution in [1.29, 1.82) is 0 Å². The van der Waals surface area contributed by atoms with E-state index in [1.54, 1.807) is 0 Å². The molecule has 1 N–H and O–H groups in total. The molecule has 0 spiro atoms. The number of hydrogen-bond donors (Lipinski definition) is 1. The Bertz CT molecular complexity index is 484. The van der Waals surface area contributed by atoms with Crippen LogP contribution in [0.5, 0.6) is 0 Å². The minimum atomic E-state index is -0.523. The van der Waals surface area contributed by atoms with Crippen LogP contribution in [0.25, 0.3) is 0 Å². The Morgan fingerprint density at radius 1 is 1.62 bits per heavy atom. The van der Waals surface area contributed by atoms with Gasteiger partial charge in [-0.1, -0.05) is 6.42 Å². The van der Waals surface area contributed by atoms with Crippen molar-refractivity contribution in [2.24, 2.45) is 5.92 Å². The molecule has 1 aromatic rings. The van der Waals surface area contributed by atoms with E-state index < -0.39 is 5.54 Å². The van der Waals surface area contributed by atoms with E-state index in [0.29, 0.717) is 5.92 Å². The van der Waals surface area contributed by atoms with Gasteiger partial charge in [-0.3, -0.25) is 14.8 Å².